The molecule has 0 aliphatic rings. The molecule has 0 unspecified atom stereocenters. The first kappa shape index (κ1) is 17.5. The van der Waals surface area contributed by atoms with Crippen molar-refractivity contribution >= 4 is 12.7 Å². The zero-order chi connectivity index (χ0) is 19.5. The van der Waals surface area contributed by atoms with Gasteiger partial charge in [0.1, 0.15) is 5.75 Å². The summed E-state index contributed by atoms with van der Waals surface area (Å²) in [6.45, 7) is 3.92. The van der Waals surface area contributed by atoms with E-state index in [1.54, 1.807) is 30.3 Å². The third kappa shape index (κ3) is 3.50. The summed E-state index contributed by atoms with van der Waals surface area (Å²) < 4.78 is 21.2. The molecular weight excluding hydrogens is 355 g/mol. The van der Waals surface area contributed by atoms with Crippen molar-refractivity contribution in [3.8, 4) is 17.2 Å². The van der Waals surface area contributed by atoms with Crippen molar-refractivity contribution in [2.75, 3.05) is 0 Å². The number of nitrogens with zero attached hydrogens (tertiary/aromatic N) is 1. The molecule has 1 heterocycles. The van der Waals surface area contributed by atoms with Gasteiger partial charge < -0.3 is 4.74 Å². The number of H-pyrrole nitrogens is 1. The molecule has 0 aliphatic carbocycles. The van der Waals surface area contributed by atoms with Gasteiger partial charge in [0.15, 0.2) is 11.6 Å². The van der Waals surface area contributed by atoms with Crippen LogP contribution < -0.4 is 20.9 Å². The van der Waals surface area contributed by atoms with Gasteiger partial charge in [-0.2, -0.15) is 0 Å². The van der Waals surface area contributed by atoms with Crippen LogP contribution in [0.5, 0.6) is 11.5 Å². The van der Waals surface area contributed by atoms with Crippen molar-refractivity contribution in [1.29, 1.82) is 0 Å². The Hall–Kier alpha value is -3.86. The molecule has 1 aromatic heterocycles. The minimum atomic E-state index is -0.480. The van der Waals surface area contributed by atoms with Crippen LogP contribution in [0.25, 0.3) is 18.3 Å². The number of para-hydroxylation sites is 2. The molecule has 3 aromatic carbocycles. The molecule has 28 heavy (non-hydrogen) atoms. The maximum Gasteiger partial charge on any atom is 0.279 e. The van der Waals surface area contributed by atoms with Gasteiger partial charge in [-0.3, -0.25) is 9.89 Å². The van der Waals surface area contributed by atoms with Gasteiger partial charge in [-0.1, -0.05) is 49.0 Å². The van der Waals surface area contributed by atoms with Crippen LogP contribution in [0.2, 0.25) is 0 Å². The molecule has 0 saturated carbocycles. The molecule has 138 valence electrons. The maximum absolute atomic E-state index is 14.2. The van der Waals surface area contributed by atoms with Crippen LogP contribution in [0, 0.1) is 5.82 Å². The fourth-order valence-corrected chi connectivity index (χ4v) is 2.87. The summed E-state index contributed by atoms with van der Waals surface area (Å²) in [5.41, 5.74) is 1.11. The fourth-order valence-electron chi connectivity index (χ4n) is 2.87. The molecule has 0 spiro atoms. The van der Waals surface area contributed by atoms with Gasteiger partial charge in [0.2, 0.25) is 0 Å². The van der Waals surface area contributed by atoms with Gasteiger partial charge in [0.05, 0.1) is 16.3 Å². The lowest BCUT2D eigenvalue weighted by Gasteiger charge is -2.07. The lowest BCUT2D eigenvalue weighted by atomic mass is 10.1. The lowest BCUT2D eigenvalue weighted by molar-refractivity contribution is 0.442. The van der Waals surface area contributed by atoms with Gasteiger partial charge in [0.25, 0.3) is 5.56 Å². The molecule has 0 saturated heterocycles. The highest BCUT2D eigenvalue weighted by molar-refractivity contribution is 5.53. The summed E-state index contributed by atoms with van der Waals surface area (Å²) in [7, 11) is 0. The molecule has 0 bridgehead atoms. The third-order valence-electron chi connectivity index (χ3n) is 4.26. The van der Waals surface area contributed by atoms with Crippen molar-refractivity contribution < 1.29 is 9.13 Å². The zero-order valence-electron chi connectivity index (χ0n) is 14.9. The van der Waals surface area contributed by atoms with E-state index in [0.29, 0.717) is 27.6 Å². The fraction of sp³-hybridized carbons (Fsp3) is 0. The summed E-state index contributed by atoms with van der Waals surface area (Å²) in [5, 5.41) is 3.85. The second-order valence-electron chi connectivity index (χ2n) is 6.23. The van der Waals surface area contributed by atoms with Crippen LogP contribution in [0.15, 0.2) is 83.7 Å². The van der Waals surface area contributed by atoms with Gasteiger partial charge in [0, 0.05) is 0 Å². The van der Waals surface area contributed by atoms with Crippen LogP contribution in [-0.4, -0.2) is 9.78 Å². The van der Waals surface area contributed by atoms with E-state index < -0.39 is 5.82 Å². The van der Waals surface area contributed by atoms with Crippen molar-refractivity contribution in [2.24, 2.45) is 0 Å². The lowest BCUT2D eigenvalue weighted by Crippen LogP contribution is -2.33. The van der Waals surface area contributed by atoms with E-state index in [9.17, 15) is 9.18 Å². The highest BCUT2D eigenvalue weighted by Gasteiger charge is 2.08. The Labute approximate surface area is 160 Å². The molecule has 4 nitrogen and oxygen atoms in total. The number of halogens is 1. The Kier molecular flexibility index (Phi) is 4.64. The van der Waals surface area contributed by atoms with Crippen LogP contribution in [-0.2, 0) is 0 Å². The minimum Gasteiger partial charge on any atom is -0.454 e. The average molecular weight is 372 g/mol. The van der Waals surface area contributed by atoms with Crippen LogP contribution in [0.4, 0.5) is 4.39 Å². The molecule has 5 heteroatoms. The van der Waals surface area contributed by atoms with Gasteiger partial charge in [-0.05, 0) is 48.0 Å². The van der Waals surface area contributed by atoms with Gasteiger partial charge >= 0.3 is 0 Å². The first-order valence-electron chi connectivity index (χ1n) is 8.71. The topological polar surface area (TPSA) is 47.0 Å². The Morgan fingerprint density at radius 2 is 1.64 bits per heavy atom. The largest absolute Gasteiger partial charge is 0.454 e. The smallest absolute Gasteiger partial charge is 0.279 e. The number of nitrogens with one attached hydrogen (secondary N) is 1. The Bertz CT molecular complexity index is 1280. The molecule has 4 aromatic rings. The monoisotopic (exact) mass is 372 g/mol. The average Bonchev–Trinajstić information content (AvgIpc) is 3.00. The first-order valence-corrected chi connectivity index (χ1v) is 8.71. The maximum atomic E-state index is 14.2. The van der Waals surface area contributed by atoms with Crippen molar-refractivity contribution in [3.05, 3.63) is 111 Å². The number of ether oxygens (including phenoxy) is 1. The second kappa shape index (κ2) is 7.40. The quantitative estimate of drug-likeness (QED) is 0.597. The summed E-state index contributed by atoms with van der Waals surface area (Å²) >= 11 is 0. The summed E-state index contributed by atoms with van der Waals surface area (Å²) in [6, 6.07) is 22.6. The summed E-state index contributed by atoms with van der Waals surface area (Å²) in [5.74, 6) is 0.139. The molecule has 1 N–H and O–H groups in total. The number of aromatic nitrogens is 2. The SMILES string of the molecule is C=c1[nH]n(-c2ccccc2)c(=O)/c1=C\c1ccc(F)c(Oc2ccccc2)c1. The van der Waals surface area contributed by atoms with Crippen LogP contribution in [0.1, 0.15) is 5.56 Å². The predicted octanol–water partition coefficient (Wildman–Crippen LogP) is 3.34. The molecular formula is C23H17FN2O2. The molecule has 0 radical (unpaired) electrons. The van der Waals surface area contributed by atoms with Crippen molar-refractivity contribution in [3.63, 3.8) is 0 Å². The number of benzene rings is 3. The standard InChI is InChI=1S/C23H17FN2O2/c1-16-20(23(27)26(25-16)18-8-4-2-5-9-18)14-17-12-13-21(24)22(15-17)28-19-10-6-3-7-11-19/h2-15,25H,1H2/b20-14-. The molecule has 4 rings (SSSR count). The van der Waals surface area contributed by atoms with Crippen molar-refractivity contribution in [1.82, 2.24) is 9.78 Å². The van der Waals surface area contributed by atoms with E-state index in [-0.39, 0.29) is 11.3 Å². The first-order chi connectivity index (χ1) is 13.6. The van der Waals surface area contributed by atoms with Crippen LogP contribution in [0.3, 0.4) is 0 Å². The number of hydrogen-bond donors (Lipinski definition) is 1. The number of hydrogen-bond acceptors (Lipinski definition) is 2. The summed E-state index contributed by atoms with van der Waals surface area (Å²) in [4.78, 5) is 12.8. The minimum absolute atomic E-state index is 0.0875. The molecule has 0 amide bonds. The zero-order valence-corrected chi connectivity index (χ0v) is 14.9. The highest BCUT2D eigenvalue weighted by Crippen LogP contribution is 2.25. The van der Waals surface area contributed by atoms with Crippen LogP contribution >= 0.6 is 0 Å². The van der Waals surface area contributed by atoms with E-state index in [4.69, 9.17) is 4.74 Å². The van der Waals surface area contributed by atoms with E-state index in [2.05, 4.69) is 11.7 Å². The summed E-state index contributed by atoms with van der Waals surface area (Å²) in [6.07, 6.45) is 1.66. The molecule has 0 atom stereocenters. The van der Waals surface area contributed by atoms with Gasteiger partial charge in [-0.25, -0.2) is 9.07 Å². The Morgan fingerprint density at radius 1 is 0.964 bits per heavy atom. The third-order valence-corrected chi connectivity index (χ3v) is 4.26. The van der Waals surface area contributed by atoms with E-state index in [0.717, 1.165) is 0 Å². The number of aromatic amines is 1. The van der Waals surface area contributed by atoms with E-state index in [1.807, 2.05) is 48.5 Å². The van der Waals surface area contributed by atoms with Crippen molar-refractivity contribution in [2.45, 2.75) is 0 Å². The highest BCUT2D eigenvalue weighted by atomic mass is 19.1. The van der Waals surface area contributed by atoms with E-state index in [1.165, 1.54) is 10.7 Å². The molecule has 0 aliphatic heterocycles. The Morgan fingerprint density at radius 3 is 2.36 bits per heavy atom. The van der Waals surface area contributed by atoms with E-state index >= 15 is 0 Å². The second-order valence-corrected chi connectivity index (χ2v) is 6.23. The number of rotatable bonds is 4. The Balaban J connectivity index is 1.76. The molecule has 0 fully saturated rings. The van der Waals surface area contributed by atoms with Gasteiger partial charge in [-0.15, -0.1) is 0 Å². The predicted molar refractivity (Wildman–Crippen MR) is 108 cm³/mol. The normalized spacial score (nSPS) is 11.5.